The van der Waals surface area contributed by atoms with Crippen LogP contribution in [0.2, 0.25) is 0 Å². The van der Waals surface area contributed by atoms with Crippen molar-refractivity contribution in [3.63, 3.8) is 0 Å². The number of hydrogen-bond donors (Lipinski definition) is 0. The number of rotatable bonds is 7. The molecule has 1 fully saturated rings. The van der Waals surface area contributed by atoms with Crippen LogP contribution in [0.3, 0.4) is 0 Å². The van der Waals surface area contributed by atoms with Crippen LogP contribution in [0.25, 0.3) is 17.1 Å². The number of thiocarbonyl (C=S) groups is 1. The van der Waals surface area contributed by atoms with E-state index < -0.39 is 0 Å². The highest BCUT2D eigenvalue weighted by atomic mass is 32.2. The summed E-state index contributed by atoms with van der Waals surface area (Å²) in [5, 5.41) is 0.648. The van der Waals surface area contributed by atoms with Gasteiger partial charge in [-0.15, -0.1) is 0 Å². The van der Waals surface area contributed by atoms with Gasteiger partial charge in [-0.25, -0.2) is 4.98 Å². The highest BCUT2D eigenvalue weighted by Gasteiger charge is 2.32. The summed E-state index contributed by atoms with van der Waals surface area (Å²) in [5.74, 6) is 0.430. The van der Waals surface area contributed by atoms with Crippen molar-refractivity contribution in [3.8, 4) is 0 Å². The van der Waals surface area contributed by atoms with Crippen molar-refractivity contribution in [1.29, 1.82) is 0 Å². The van der Waals surface area contributed by atoms with E-state index >= 15 is 0 Å². The van der Waals surface area contributed by atoms with Gasteiger partial charge in [0.15, 0.2) is 5.16 Å². The molecule has 0 unspecified atom stereocenters. The van der Waals surface area contributed by atoms with Crippen molar-refractivity contribution in [2.45, 2.75) is 24.3 Å². The number of fused-ring (bicyclic) bond motifs is 1. The number of thioether (sulfide) groups is 2. The van der Waals surface area contributed by atoms with Crippen molar-refractivity contribution in [3.05, 3.63) is 100 Å². The van der Waals surface area contributed by atoms with E-state index in [1.807, 2.05) is 79.7 Å². The van der Waals surface area contributed by atoms with E-state index in [2.05, 4.69) is 12.1 Å². The second-order valence-corrected chi connectivity index (χ2v) is 11.0. The summed E-state index contributed by atoms with van der Waals surface area (Å²) < 4.78 is 2.14. The molecule has 0 atom stereocenters. The summed E-state index contributed by atoms with van der Waals surface area (Å²) in [6.07, 6.45) is 1.99. The zero-order valence-electron chi connectivity index (χ0n) is 19.6. The first kappa shape index (κ1) is 24.5. The minimum Gasteiger partial charge on any atom is -0.292 e. The lowest BCUT2D eigenvalue weighted by Crippen LogP contribution is -2.31. The van der Waals surface area contributed by atoms with Gasteiger partial charge in [-0.3, -0.25) is 19.1 Å². The zero-order chi connectivity index (χ0) is 25.1. The fraction of sp³-hybridized carbons (Fsp3) is 0.143. The topological polar surface area (TPSA) is 55.2 Å². The SMILES string of the molecule is Cc1ccc(/C=C2\SC(=S)N(CCC(=O)n3c(SCc4ccccc4)nc4ccccc43)C2=O)cc1. The molecule has 2 heterocycles. The highest BCUT2D eigenvalue weighted by molar-refractivity contribution is 8.26. The molecule has 0 bridgehead atoms. The van der Waals surface area contributed by atoms with Crippen LogP contribution in [0.15, 0.2) is 88.9 Å². The Balaban J connectivity index is 1.32. The molecule has 1 aliphatic heterocycles. The number of hydrogen-bond acceptors (Lipinski definition) is 6. The predicted octanol–water partition coefficient (Wildman–Crippen LogP) is 6.57. The summed E-state index contributed by atoms with van der Waals surface area (Å²) in [5.41, 5.74) is 4.80. The molecule has 180 valence electrons. The molecule has 0 saturated carbocycles. The number of imidazole rings is 1. The van der Waals surface area contributed by atoms with Crippen molar-refractivity contribution < 1.29 is 9.59 Å². The monoisotopic (exact) mass is 529 g/mol. The fourth-order valence-electron chi connectivity index (χ4n) is 3.89. The smallest absolute Gasteiger partial charge is 0.266 e. The van der Waals surface area contributed by atoms with E-state index in [1.165, 1.54) is 28.4 Å². The number of aromatic nitrogens is 2. The maximum atomic E-state index is 13.4. The maximum absolute atomic E-state index is 13.4. The van der Waals surface area contributed by atoms with Crippen LogP contribution in [0, 0.1) is 6.92 Å². The van der Waals surface area contributed by atoms with Crippen molar-refractivity contribution in [1.82, 2.24) is 14.5 Å². The van der Waals surface area contributed by atoms with Crippen LogP contribution < -0.4 is 0 Å². The van der Waals surface area contributed by atoms with Gasteiger partial charge >= 0.3 is 0 Å². The van der Waals surface area contributed by atoms with Crippen LogP contribution in [-0.4, -0.2) is 37.1 Å². The van der Waals surface area contributed by atoms with Gasteiger partial charge in [-0.05, 0) is 36.3 Å². The van der Waals surface area contributed by atoms with E-state index in [9.17, 15) is 9.59 Å². The molecule has 5 rings (SSSR count). The summed E-state index contributed by atoms with van der Waals surface area (Å²) in [6, 6.07) is 25.7. The van der Waals surface area contributed by atoms with Gasteiger partial charge in [-0.1, -0.05) is 108 Å². The normalized spacial score (nSPS) is 14.8. The zero-order valence-corrected chi connectivity index (χ0v) is 22.0. The number of benzene rings is 3. The number of aryl methyl sites for hydroxylation is 1. The van der Waals surface area contributed by atoms with E-state index in [0.29, 0.717) is 20.1 Å². The van der Waals surface area contributed by atoms with E-state index in [4.69, 9.17) is 17.2 Å². The van der Waals surface area contributed by atoms with Gasteiger partial charge in [0.1, 0.15) is 4.32 Å². The highest BCUT2D eigenvalue weighted by Crippen LogP contribution is 2.33. The standard InChI is InChI=1S/C28H23N3O2S3/c1-19-11-13-20(14-12-19)17-24-26(33)30(28(34)36-24)16-15-25(32)31-23-10-6-5-9-22(23)29-27(31)35-18-21-7-3-2-4-8-21/h2-14,17H,15-16,18H2,1H3/b24-17-. The van der Waals surface area contributed by atoms with Gasteiger partial charge in [0, 0.05) is 18.7 Å². The Labute approximate surface area is 223 Å². The lowest BCUT2D eigenvalue weighted by Gasteiger charge is -2.15. The molecule has 3 aromatic carbocycles. The molecule has 1 aliphatic rings. The van der Waals surface area contributed by atoms with E-state index in [0.717, 1.165) is 27.7 Å². The first-order valence-electron chi connectivity index (χ1n) is 11.5. The van der Waals surface area contributed by atoms with Crippen LogP contribution in [-0.2, 0) is 10.5 Å². The van der Waals surface area contributed by atoms with Crippen molar-refractivity contribution >= 4 is 69.0 Å². The van der Waals surface area contributed by atoms with Crippen molar-refractivity contribution in [2.75, 3.05) is 6.54 Å². The van der Waals surface area contributed by atoms with Crippen LogP contribution in [0.5, 0.6) is 0 Å². The minimum atomic E-state index is -0.160. The maximum Gasteiger partial charge on any atom is 0.266 e. The van der Waals surface area contributed by atoms with Crippen LogP contribution in [0.4, 0.5) is 0 Å². The molecule has 36 heavy (non-hydrogen) atoms. The Hall–Kier alpha value is -3.20. The largest absolute Gasteiger partial charge is 0.292 e. The molecule has 0 N–H and O–H groups in total. The molecule has 1 amide bonds. The van der Waals surface area contributed by atoms with Gasteiger partial charge in [0.25, 0.3) is 5.91 Å². The molecule has 1 aromatic heterocycles. The number of amides is 1. The average molecular weight is 530 g/mol. The molecule has 1 saturated heterocycles. The fourth-order valence-corrected chi connectivity index (χ4v) is 6.18. The predicted molar refractivity (Wildman–Crippen MR) is 152 cm³/mol. The first-order chi connectivity index (χ1) is 17.5. The molecular formula is C28H23N3O2S3. The third kappa shape index (κ3) is 5.31. The van der Waals surface area contributed by atoms with Crippen LogP contribution >= 0.6 is 35.7 Å². The lowest BCUT2D eigenvalue weighted by molar-refractivity contribution is -0.122. The summed E-state index contributed by atoms with van der Waals surface area (Å²) in [4.78, 5) is 33.3. The van der Waals surface area contributed by atoms with Crippen molar-refractivity contribution in [2.24, 2.45) is 0 Å². The molecule has 4 aromatic rings. The minimum absolute atomic E-state index is 0.115. The summed E-state index contributed by atoms with van der Waals surface area (Å²) >= 11 is 8.28. The summed E-state index contributed by atoms with van der Waals surface area (Å²) in [6.45, 7) is 2.25. The number of carbonyl (C=O) groups is 2. The average Bonchev–Trinajstić information content (AvgIpc) is 3.39. The van der Waals surface area contributed by atoms with E-state index in [-0.39, 0.29) is 24.8 Å². The Morgan fingerprint density at radius 2 is 1.75 bits per heavy atom. The quantitative estimate of drug-likeness (QED) is 0.153. The third-order valence-electron chi connectivity index (χ3n) is 5.79. The lowest BCUT2D eigenvalue weighted by atomic mass is 10.1. The molecular weight excluding hydrogens is 507 g/mol. The molecule has 8 heteroatoms. The molecule has 0 radical (unpaired) electrons. The second kappa shape index (κ2) is 10.8. The van der Waals surface area contributed by atoms with Gasteiger partial charge in [0.05, 0.1) is 15.9 Å². The summed E-state index contributed by atoms with van der Waals surface area (Å²) in [7, 11) is 0. The van der Waals surface area contributed by atoms with Gasteiger partial charge in [-0.2, -0.15) is 0 Å². The van der Waals surface area contributed by atoms with Crippen LogP contribution in [0.1, 0.15) is 27.9 Å². The third-order valence-corrected chi connectivity index (χ3v) is 8.18. The first-order valence-corrected chi connectivity index (χ1v) is 13.7. The number of nitrogens with zero attached hydrogens (tertiary/aromatic N) is 3. The number of para-hydroxylation sites is 2. The van der Waals surface area contributed by atoms with Gasteiger partial charge < -0.3 is 0 Å². The Kier molecular flexibility index (Phi) is 7.36. The second-order valence-electron chi connectivity index (χ2n) is 8.38. The Bertz CT molecular complexity index is 1480. The number of carbonyl (C=O) groups excluding carboxylic acids is 2. The molecule has 0 aliphatic carbocycles. The van der Waals surface area contributed by atoms with Gasteiger partial charge in [0.2, 0.25) is 5.91 Å². The Morgan fingerprint density at radius 3 is 2.53 bits per heavy atom. The van der Waals surface area contributed by atoms with E-state index in [1.54, 1.807) is 4.57 Å². The Morgan fingerprint density at radius 1 is 1.03 bits per heavy atom. The molecule has 0 spiro atoms. The molecule has 5 nitrogen and oxygen atoms in total.